The van der Waals surface area contributed by atoms with E-state index < -0.39 is 4.92 Å². The summed E-state index contributed by atoms with van der Waals surface area (Å²) >= 11 is 1.71. The molecular formula is C12H13N3O2S. The first-order valence-electron chi connectivity index (χ1n) is 5.39. The standard InChI is InChI=1S/C12H13N3O2S/c1-8-2-4-10(18-8)7-14-12-5-3-9(15(16)17)6-11(12)13/h2-6,14H,7,13H2,1H3. The van der Waals surface area contributed by atoms with Crippen LogP contribution in [0.15, 0.2) is 30.3 Å². The number of nitrogens with zero attached hydrogens (tertiary/aromatic N) is 1. The van der Waals surface area contributed by atoms with Gasteiger partial charge in [0.2, 0.25) is 0 Å². The topological polar surface area (TPSA) is 81.2 Å². The minimum absolute atomic E-state index is 0.00465. The number of nitro groups is 1. The van der Waals surface area contributed by atoms with Gasteiger partial charge in [0.1, 0.15) is 0 Å². The van der Waals surface area contributed by atoms with Crippen LogP contribution in [0.25, 0.3) is 0 Å². The zero-order valence-electron chi connectivity index (χ0n) is 9.84. The lowest BCUT2D eigenvalue weighted by Crippen LogP contribution is -2.01. The second kappa shape index (κ2) is 5.05. The van der Waals surface area contributed by atoms with Crippen molar-refractivity contribution in [3.8, 4) is 0 Å². The lowest BCUT2D eigenvalue weighted by molar-refractivity contribution is -0.384. The SMILES string of the molecule is Cc1ccc(CNc2ccc([N+](=O)[O-])cc2N)s1. The average Bonchev–Trinajstić information content (AvgIpc) is 2.73. The van der Waals surface area contributed by atoms with E-state index in [0.717, 1.165) is 0 Å². The van der Waals surface area contributed by atoms with E-state index in [9.17, 15) is 10.1 Å². The molecule has 0 fully saturated rings. The van der Waals surface area contributed by atoms with Crippen molar-refractivity contribution in [1.82, 2.24) is 0 Å². The molecule has 0 saturated carbocycles. The molecule has 0 unspecified atom stereocenters. The molecule has 1 aromatic heterocycles. The minimum Gasteiger partial charge on any atom is -0.397 e. The summed E-state index contributed by atoms with van der Waals surface area (Å²) in [7, 11) is 0. The van der Waals surface area contributed by atoms with Crippen molar-refractivity contribution >= 4 is 28.4 Å². The van der Waals surface area contributed by atoms with Crippen LogP contribution < -0.4 is 11.1 Å². The molecule has 5 nitrogen and oxygen atoms in total. The second-order valence-corrected chi connectivity index (χ2v) is 5.27. The van der Waals surface area contributed by atoms with E-state index in [4.69, 9.17) is 5.73 Å². The largest absolute Gasteiger partial charge is 0.397 e. The first-order valence-corrected chi connectivity index (χ1v) is 6.21. The summed E-state index contributed by atoms with van der Waals surface area (Å²) in [6.07, 6.45) is 0. The Hall–Kier alpha value is -2.08. The molecule has 18 heavy (non-hydrogen) atoms. The van der Waals surface area contributed by atoms with E-state index in [2.05, 4.69) is 24.4 Å². The van der Waals surface area contributed by atoms with Gasteiger partial charge in [0.15, 0.2) is 0 Å². The maximum atomic E-state index is 10.6. The molecule has 2 rings (SSSR count). The zero-order chi connectivity index (χ0) is 13.1. The molecule has 0 saturated heterocycles. The van der Waals surface area contributed by atoms with Crippen LogP contribution >= 0.6 is 11.3 Å². The lowest BCUT2D eigenvalue weighted by Gasteiger charge is -2.07. The Kier molecular flexibility index (Phi) is 3.47. The number of hydrogen-bond donors (Lipinski definition) is 2. The third-order valence-electron chi connectivity index (χ3n) is 2.50. The highest BCUT2D eigenvalue weighted by atomic mass is 32.1. The fourth-order valence-corrected chi connectivity index (χ4v) is 2.42. The van der Waals surface area contributed by atoms with Crippen LogP contribution in [0.2, 0.25) is 0 Å². The van der Waals surface area contributed by atoms with Crippen molar-refractivity contribution in [2.45, 2.75) is 13.5 Å². The molecule has 0 atom stereocenters. The molecule has 1 aromatic carbocycles. The maximum Gasteiger partial charge on any atom is 0.271 e. The number of aryl methyl sites for hydroxylation is 1. The number of thiophene rings is 1. The number of nitrogen functional groups attached to an aromatic ring is 1. The fourth-order valence-electron chi connectivity index (χ4n) is 1.59. The van der Waals surface area contributed by atoms with E-state index in [1.165, 1.54) is 21.9 Å². The first kappa shape index (κ1) is 12.4. The van der Waals surface area contributed by atoms with Gasteiger partial charge in [-0.25, -0.2) is 0 Å². The van der Waals surface area contributed by atoms with E-state index in [1.807, 2.05) is 0 Å². The Morgan fingerprint density at radius 3 is 2.72 bits per heavy atom. The first-order chi connectivity index (χ1) is 8.56. The van der Waals surface area contributed by atoms with Crippen molar-refractivity contribution in [2.24, 2.45) is 0 Å². The highest BCUT2D eigenvalue weighted by Crippen LogP contribution is 2.25. The van der Waals surface area contributed by atoms with Gasteiger partial charge < -0.3 is 11.1 Å². The molecule has 0 bridgehead atoms. The van der Waals surface area contributed by atoms with Crippen molar-refractivity contribution in [3.05, 3.63) is 50.2 Å². The zero-order valence-corrected chi connectivity index (χ0v) is 10.7. The molecular weight excluding hydrogens is 250 g/mol. The van der Waals surface area contributed by atoms with E-state index in [0.29, 0.717) is 17.9 Å². The highest BCUT2D eigenvalue weighted by Gasteiger charge is 2.08. The van der Waals surface area contributed by atoms with Gasteiger partial charge in [0, 0.05) is 28.4 Å². The number of nitrogens with two attached hydrogens (primary N) is 1. The maximum absolute atomic E-state index is 10.6. The van der Waals surface area contributed by atoms with Gasteiger partial charge in [0.25, 0.3) is 5.69 Å². The second-order valence-electron chi connectivity index (χ2n) is 3.89. The van der Waals surface area contributed by atoms with Crippen molar-refractivity contribution in [2.75, 3.05) is 11.1 Å². The van der Waals surface area contributed by atoms with Crippen LogP contribution in [0, 0.1) is 17.0 Å². The number of nitrogens with one attached hydrogen (secondary N) is 1. The van der Waals surface area contributed by atoms with Gasteiger partial charge in [-0.2, -0.15) is 0 Å². The van der Waals surface area contributed by atoms with Gasteiger partial charge in [-0.15, -0.1) is 11.3 Å². The number of benzene rings is 1. The van der Waals surface area contributed by atoms with Gasteiger partial charge in [-0.1, -0.05) is 0 Å². The smallest absolute Gasteiger partial charge is 0.271 e. The molecule has 0 aliphatic rings. The predicted octanol–water partition coefficient (Wildman–Crippen LogP) is 3.16. The van der Waals surface area contributed by atoms with Crippen LogP contribution in [0.5, 0.6) is 0 Å². The monoisotopic (exact) mass is 263 g/mol. The number of non-ortho nitro benzene ring substituents is 1. The summed E-state index contributed by atoms with van der Waals surface area (Å²) in [5, 5.41) is 13.7. The Morgan fingerprint density at radius 1 is 1.39 bits per heavy atom. The third-order valence-corrected chi connectivity index (χ3v) is 3.50. The van der Waals surface area contributed by atoms with E-state index >= 15 is 0 Å². The summed E-state index contributed by atoms with van der Waals surface area (Å²) in [6.45, 7) is 2.72. The van der Waals surface area contributed by atoms with Gasteiger partial charge in [-0.3, -0.25) is 10.1 Å². The van der Waals surface area contributed by atoms with Crippen molar-refractivity contribution < 1.29 is 4.92 Å². The molecule has 0 aliphatic heterocycles. The lowest BCUT2D eigenvalue weighted by atomic mass is 10.2. The molecule has 6 heteroatoms. The molecule has 0 spiro atoms. The van der Waals surface area contributed by atoms with Gasteiger partial charge in [0.05, 0.1) is 16.3 Å². The third kappa shape index (κ3) is 2.78. The molecule has 0 aliphatic carbocycles. The Morgan fingerprint density at radius 2 is 2.17 bits per heavy atom. The Balaban J connectivity index is 2.08. The average molecular weight is 263 g/mol. The van der Waals surface area contributed by atoms with Crippen molar-refractivity contribution in [1.29, 1.82) is 0 Å². The van der Waals surface area contributed by atoms with E-state index in [1.54, 1.807) is 17.4 Å². The molecule has 2 aromatic rings. The molecule has 94 valence electrons. The van der Waals surface area contributed by atoms with E-state index in [-0.39, 0.29) is 5.69 Å². The van der Waals surface area contributed by atoms with Crippen LogP contribution in [0.3, 0.4) is 0 Å². The normalized spacial score (nSPS) is 10.3. The Labute approximate surface area is 108 Å². The van der Waals surface area contributed by atoms with Crippen LogP contribution in [-0.4, -0.2) is 4.92 Å². The van der Waals surface area contributed by atoms with Crippen LogP contribution in [0.4, 0.5) is 17.1 Å². The predicted molar refractivity (Wildman–Crippen MR) is 73.9 cm³/mol. The number of anilines is 2. The molecule has 1 heterocycles. The van der Waals surface area contributed by atoms with Gasteiger partial charge >= 0.3 is 0 Å². The number of nitro benzene ring substituents is 1. The fraction of sp³-hybridized carbons (Fsp3) is 0.167. The Bertz CT molecular complexity index is 580. The number of rotatable bonds is 4. The van der Waals surface area contributed by atoms with Crippen LogP contribution in [0.1, 0.15) is 9.75 Å². The molecule has 3 N–H and O–H groups in total. The molecule has 0 amide bonds. The highest BCUT2D eigenvalue weighted by molar-refractivity contribution is 7.11. The quantitative estimate of drug-likeness (QED) is 0.504. The summed E-state index contributed by atoms with van der Waals surface area (Å²) in [5.74, 6) is 0. The summed E-state index contributed by atoms with van der Waals surface area (Å²) in [6, 6.07) is 8.55. The van der Waals surface area contributed by atoms with Crippen molar-refractivity contribution in [3.63, 3.8) is 0 Å². The summed E-state index contributed by atoms with van der Waals surface area (Å²) < 4.78 is 0. The van der Waals surface area contributed by atoms with Crippen LogP contribution in [-0.2, 0) is 6.54 Å². The molecule has 0 radical (unpaired) electrons. The minimum atomic E-state index is -0.456. The summed E-state index contributed by atoms with van der Waals surface area (Å²) in [5.41, 5.74) is 6.87. The van der Waals surface area contributed by atoms with Gasteiger partial charge in [-0.05, 0) is 25.1 Å². The number of hydrogen-bond acceptors (Lipinski definition) is 5. The summed E-state index contributed by atoms with van der Waals surface area (Å²) in [4.78, 5) is 12.6.